The quantitative estimate of drug-likeness (QED) is 0.803. The average molecular weight is 296 g/mol. The molecule has 5 heteroatoms. The van der Waals surface area contributed by atoms with Gasteiger partial charge in [-0.25, -0.2) is 0 Å². The largest absolute Gasteiger partial charge is 0.379 e. The summed E-state index contributed by atoms with van der Waals surface area (Å²) in [5, 5.41) is 0. The second kappa shape index (κ2) is 6.92. The van der Waals surface area contributed by atoms with Crippen molar-refractivity contribution in [2.45, 2.75) is 37.8 Å². The van der Waals surface area contributed by atoms with Crippen LogP contribution in [0.2, 0.25) is 0 Å². The summed E-state index contributed by atoms with van der Waals surface area (Å²) in [7, 11) is 0. The number of nitrogens with two attached hydrogens (primary N) is 1. The van der Waals surface area contributed by atoms with Crippen LogP contribution < -0.4 is 5.73 Å². The minimum atomic E-state index is 0.271. The van der Waals surface area contributed by atoms with Crippen LogP contribution in [0.4, 0.5) is 0 Å². The number of likely N-dealkylation sites (tertiary alicyclic amines) is 2. The highest BCUT2D eigenvalue weighted by molar-refractivity contribution is 5.00. The van der Waals surface area contributed by atoms with Crippen LogP contribution in [0.15, 0.2) is 0 Å². The summed E-state index contributed by atoms with van der Waals surface area (Å²) in [6.07, 6.45) is 3.79. The second-order valence-corrected chi connectivity index (χ2v) is 6.90. The third-order valence-electron chi connectivity index (χ3n) is 6.01. The van der Waals surface area contributed by atoms with E-state index in [2.05, 4.69) is 21.6 Å². The Balaban J connectivity index is 1.58. The topological polar surface area (TPSA) is 45.0 Å². The zero-order chi connectivity index (χ0) is 14.7. The Morgan fingerprint density at radius 2 is 1.81 bits per heavy atom. The molecule has 3 heterocycles. The molecule has 1 atom stereocenters. The molecule has 0 saturated carbocycles. The number of morpholine rings is 1. The van der Waals surface area contributed by atoms with Crippen molar-refractivity contribution in [2.24, 2.45) is 5.73 Å². The van der Waals surface area contributed by atoms with Gasteiger partial charge in [0.15, 0.2) is 0 Å². The van der Waals surface area contributed by atoms with Gasteiger partial charge in [0.05, 0.1) is 13.2 Å². The molecule has 3 fully saturated rings. The summed E-state index contributed by atoms with van der Waals surface area (Å²) in [5.74, 6) is 0. The molecular formula is C16H32N4O. The predicted molar refractivity (Wildman–Crippen MR) is 85.5 cm³/mol. The van der Waals surface area contributed by atoms with E-state index >= 15 is 0 Å². The number of piperidine rings is 1. The molecule has 0 spiro atoms. The molecule has 3 aliphatic rings. The molecule has 0 aromatic rings. The smallest absolute Gasteiger partial charge is 0.0594 e. The van der Waals surface area contributed by atoms with Crippen LogP contribution >= 0.6 is 0 Å². The number of rotatable bonds is 4. The first-order valence-corrected chi connectivity index (χ1v) is 8.77. The van der Waals surface area contributed by atoms with E-state index in [4.69, 9.17) is 10.5 Å². The number of hydrogen-bond donors (Lipinski definition) is 1. The lowest BCUT2D eigenvalue weighted by Crippen LogP contribution is -2.59. The molecule has 3 saturated heterocycles. The van der Waals surface area contributed by atoms with Crippen molar-refractivity contribution >= 4 is 0 Å². The van der Waals surface area contributed by atoms with Crippen molar-refractivity contribution in [3.05, 3.63) is 0 Å². The Hall–Kier alpha value is -0.200. The molecule has 0 aromatic heterocycles. The van der Waals surface area contributed by atoms with E-state index in [0.717, 1.165) is 38.9 Å². The van der Waals surface area contributed by atoms with E-state index in [1.807, 2.05) is 0 Å². The van der Waals surface area contributed by atoms with E-state index < -0.39 is 0 Å². The third-order valence-corrected chi connectivity index (χ3v) is 6.01. The summed E-state index contributed by atoms with van der Waals surface area (Å²) in [5.41, 5.74) is 6.51. The molecule has 0 radical (unpaired) electrons. The highest BCUT2D eigenvalue weighted by Crippen LogP contribution is 2.32. The standard InChI is InChI=1S/C16H32N4O/c1-2-18-7-4-16(14-17,5-8-18)20-6-3-15(13-20)19-9-11-21-12-10-19/h15H,2-14,17H2,1H3. The average Bonchev–Trinajstić information content (AvgIpc) is 3.06. The molecule has 0 aliphatic carbocycles. The van der Waals surface area contributed by atoms with Crippen molar-refractivity contribution < 1.29 is 4.74 Å². The van der Waals surface area contributed by atoms with Gasteiger partial charge in [-0.15, -0.1) is 0 Å². The lowest BCUT2D eigenvalue weighted by atomic mass is 9.86. The van der Waals surface area contributed by atoms with Crippen molar-refractivity contribution in [3.63, 3.8) is 0 Å². The lowest BCUT2D eigenvalue weighted by Gasteiger charge is -2.47. The molecule has 3 aliphatic heterocycles. The van der Waals surface area contributed by atoms with Gasteiger partial charge in [0.25, 0.3) is 0 Å². The van der Waals surface area contributed by atoms with Gasteiger partial charge in [-0.3, -0.25) is 9.80 Å². The summed E-state index contributed by atoms with van der Waals surface area (Å²) in [6, 6.07) is 0.724. The molecule has 3 rings (SSSR count). The Kier molecular flexibility index (Phi) is 5.17. The monoisotopic (exact) mass is 296 g/mol. The van der Waals surface area contributed by atoms with Crippen LogP contribution in [0.1, 0.15) is 26.2 Å². The Morgan fingerprint density at radius 1 is 1.10 bits per heavy atom. The van der Waals surface area contributed by atoms with E-state index in [-0.39, 0.29) is 5.54 Å². The fraction of sp³-hybridized carbons (Fsp3) is 1.00. The fourth-order valence-corrected chi connectivity index (χ4v) is 4.35. The van der Waals surface area contributed by atoms with Gasteiger partial charge >= 0.3 is 0 Å². The van der Waals surface area contributed by atoms with Crippen molar-refractivity contribution in [2.75, 3.05) is 65.6 Å². The molecule has 0 amide bonds. The number of ether oxygens (including phenoxy) is 1. The zero-order valence-electron chi connectivity index (χ0n) is 13.6. The van der Waals surface area contributed by atoms with Gasteiger partial charge < -0.3 is 15.4 Å². The molecule has 1 unspecified atom stereocenters. The highest BCUT2D eigenvalue weighted by Gasteiger charge is 2.42. The lowest BCUT2D eigenvalue weighted by molar-refractivity contribution is 0.00796. The third kappa shape index (κ3) is 3.27. The second-order valence-electron chi connectivity index (χ2n) is 6.90. The van der Waals surface area contributed by atoms with Crippen LogP contribution in [0.3, 0.4) is 0 Å². The SMILES string of the molecule is CCN1CCC(CN)(N2CCC(N3CCOCC3)C2)CC1. The number of nitrogens with zero attached hydrogens (tertiary/aromatic N) is 3. The summed E-state index contributed by atoms with van der Waals surface area (Å²) in [4.78, 5) is 7.92. The van der Waals surface area contributed by atoms with Crippen LogP contribution in [-0.4, -0.2) is 91.9 Å². The Labute approximate surface area is 129 Å². The molecule has 21 heavy (non-hydrogen) atoms. The fourth-order valence-electron chi connectivity index (χ4n) is 4.35. The van der Waals surface area contributed by atoms with Gasteiger partial charge in [0.1, 0.15) is 0 Å². The normalized spacial score (nSPS) is 32.6. The first-order chi connectivity index (χ1) is 10.3. The maximum atomic E-state index is 6.24. The summed E-state index contributed by atoms with van der Waals surface area (Å²) >= 11 is 0. The van der Waals surface area contributed by atoms with Crippen molar-refractivity contribution in [1.82, 2.24) is 14.7 Å². The van der Waals surface area contributed by atoms with Gasteiger partial charge in [-0.1, -0.05) is 6.92 Å². The number of hydrogen-bond acceptors (Lipinski definition) is 5. The first-order valence-electron chi connectivity index (χ1n) is 8.77. The van der Waals surface area contributed by atoms with Crippen LogP contribution in [0.25, 0.3) is 0 Å². The van der Waals surface area contributed by atoms with E-state index in [1.54, 1.807) is 0 Å². The maximum Gasteiger partial charge on any atom is 0.0594 e. The summed E-state index contributed by atoms with van der Waals surface area (Å²) in [6.45, 7) is 13.2. The minimum Gasteiger partial charge on any atom is -0.379 e. The van der Waals surface area contributed by atoms with E-state index in [1.165, 1.54) is 52.0 Å². The molecule has 2 N–H and O–H groups in total. The van der Waals surface area contributed by atoms with Gasteiger partial charge in [-0.05, 0) is 38.9 Å². The predicted octanol–water partition coefficient (Wildman–Crippen LogP) is 0.206. The first kappa shape index (κ1) is 15.7. The Bertz CT molecular complexity index is 324. The molecular weight excluding hydrogens is 264 g/mol. The van der Waals surface area contributed by atoms with Crippen molar-refractivity contribution in [1.29, 1.82) is 0 Å². The van der Waals surface area contributed by atoms with Crippen LogP contribution in [0, 0.1) is 0 Å². The molecule has 5 nitrogen and oxygen atoms in total. The van der Waals surface area contributed by atoms with Gasteiger partial charge in [0.2, 0.25) is 0 Å². The van der Waals surface area contributed by atoms with E-state index in [0.29, 0.717) is 0 Å². The summed E-state index contributed by atoms with van der Waals surface area (Å²) < 4.78 is 5.49. The molecule has 122 valence electrons. The molecule has 0 aromatic carbocycles. The zero-order valence-corrected chi connectivity index (χ0v) is 13.6. The Morgan fingerprint density at radius 3 is 2.43 bits per heavy atom. The van der Waals surface area contributed by atoms with Gasteiger partial charge in [-0.2, -0.15) is 0 Å². The highest BCUT2D eigenvalue weighted by atomic mass is 16.5. The van der Waals surface area contributed by atoms with Crippen molar-refractivity contribution in [3.8, 4) is 0 Å². The van der Waals surface area contributed by atoms with Crippen LogP contribution in [0.5, 0.6) is 0 Å². The minimum absolute atomic E-state index is 0.271. The maximum absolute atomic E-state index is 6.24. The van der Waals surface area contributed by atoms with Gasteiger partial charge in [0, 0.05) is 44.3 Å². The molecule has 0 bridgehead atoms. The van der Waals surface area contributed by atoms with Crippen LogP contribution in [-0.2, 0) is 4.74 Å². The van der Waals surface area contributed by atoms with E-state index in [9.17, 15) is 0 Å².